The predicted molar refractivity (Wildman–Crippen MR) is 98.0 cm³/mol. The summed E-state index contributed by atoms with van der Waals surface area (Å²) in [6.07, 6.45) is 3.58. The van der Waals surface area contributed by atoms with Crippen molar-refractivity contribution in [3.8, 4) is 10.7 Å². The lowest BCUT2D eigenvalue weighted by molar-refractivity contribution is 0.210. The summed E-state index contributed by atoms with van der Waals surface area (Å²) in [6.45, 7) is 1.16. The van der Waals surface area contributed by atoms with Gasteiger partial charge < -0.3 is 15.8 Å². The molecule has 0 radical (unpaired) electrons. The number of hydrogen-bond acceptors (Lipinski definition) is 8. The van der Waals surface area contributed by atoms with Gasteiger partial charge in [0.25, 0.3) is 5.56 Å². The Balaban J connectivity index is 1.90. The molecule has 0 saturated heterocycles. The molecule has 130 valence electrons. The van der Waals surface area contributed by atoms with Gasteiger partial charge >= 0.3 is 0 Å². The molecule has 3 aromatic rings. The molecule has 0 bridgehead atoms. The zero-order valence-electron chi connectivity index (χ0n) is 13.7. The Morgan fingerprint density at radius 3 is 2.96 bits per heavy atom. The van der Waals surface area contributed by atoms with Crippen molar-refractivity contribution in [3.63, 3.8) is 0 Å². The summed E-state index contributed by atoms with van der Waals surface area (Å²) < 4.78 is 6.75. The molecule has 0 atom stereocenters. The molecule has 1 fully saturated rings. The van der Waals surface area contributed by atoms with Crippen LogP contribution in [-0.4, -0.2) is 39.8 Å². The predicted octanol–water partition coefficient (Wildman–Crippen LogP) is 1.89. The second-order valence-corrected chi connectivity index (χ2v) is 6.79. The van der Waals surface area contributed by atoms with Crippen LogP contribution < -0.4 is 16.6 Å². The van der Waals surface area contributed by atoms with Gasteiger partial charge in [0.1, 0.15) is 16.3 Å². The topological polar surface area (TPSA) is 108 Å². The van der Waals surface area contributed by atoms with Crippen LogP contribution in [0.4, 0.5) is 11.5 Å². The smallest absolute Gasteiger partial charge is 0.281 e. The molecule has 0 aliphatic heterocycles. The van der Waals surface area contributed by atoms with E-state index in [-0.39, 0.29) is 11.6 Å². The van der Waals surface area contributed by atoms with E-state index in [1.165, 1.54) is 11.3 Å². The number of methoxy groups -OCH3 is 1. The molecule has 1 saturated carbocycles. The first-order valence-corrected chi connectivity index (χ1v) is 8.92. The molecular weight excluding hydrogens is 340 g/mol. The SMILES string of the molecule is COCCNc1cc(N)c2nc(-c3nccs3)c(=O)n(C3CC3)c2n1. The Bertz CT molecular complexity index is 965. The maximum absolute atomic E-state index is 13.0. The number of rotatable bonds is 6. The third kappa shape index (κ3) is 2.96. The average molecular weight is 358 g/mol. The van der Waals surface area contributed by atoms with E-state index in [1.54, 1.807) is 23.9 Å². The Morgan fingerprint density at radius 2 is 2.28 bits per heavy atom. The zero-order chi connectivity index (χ0) is 17.4. The van der Waals surface area contributed by atoms with E-state index >= 15 is 0 Å². The van der Waals surface area contributed by atoms with E-state index in [0.717, 1.165) is 12.8 Å². The molecule has 9 heteroatoms. The molecular formula is C16H18N6O2S. The number of ether oxygens (including phenoxy) is 1. The number of nitrogens with one attached hydrogen (secondary N) is 1. The van der Waals surface area contributed by atoms with Crippen molar-refractivity contribution in [2.45, 2.75) is 18.9 Å². The Morgan fingerprint density at radius 1 is 1.44 bits per heavy atom. The van der Waals surface area contributed by atoms with Crippen LogP contribution >= 0.6 is 11.3 Å². The van der Waals surface area contributed by atoms with Gasteiger partial charge in [-0.25, -0.2) is 15.0 Å². The standard InChI is InChI=1S/C16H18N6O2S/c1-24-6-4-18-11-8-10(17)12-14(20-11)22(9-2-3-9)16(23)13(21-12)15-19-5-7-25-15/h5,7-9H,2-4,6H2,1H3,(H3,17,18,20). The van der Waals surface area contributed by atoms with E-state index in [0.29, 0.717) is 46.5 Å². The summed E-state index contributed by atoms with van der Waals surface area (Å²) in [5.41, 5.74) is 7.93. The van der Waals surface area contributed by atoms with Crippen molar-refractivity contribution in [2.24, 2.45) is 0 Å². The Labute approximate surface area is 147 Å². The molecule has 25 heavy (non-hydrogen) atoms. The molecule has 1 aliphatic rings. The molecule has 3 heterocycles. The van der Waals surface area contributed by atoms with E-state index in [1.807, 2.05) is 5.38 Å². The molecule has 0 spiro atoms. The molecule has 4 rings (SSSR count). The fourth-order valence-corrected chi connectivity index (χ4v) is 3.34. The van der Waals surface area contributed by atoms with Crippen LogP contribution in [0.2, 0.25) is 0 Å². The van der Waals surface area contributed by atoms with E-state index in [9.17, 15) is 4.79 Å². The van der Waals surface area contributed by atoms with Gasteiger partial charge in [0.15, 0.2) is 11.3 Å². The molecule has 8 nitrogen and oxygen atoms in total. The summed E-state index contributed by atoms with van der Waals surface area (Å²) in [7, 11) is 1.64. The first-order chi connectivity index (χ1) is 12.2. The second-order valence-electron chi connectivity index (χ2n) is 5.89. The van der Waals surface area contributed by atoms with Crippen molar-refractivity contribution in [1.29, 1.82) is 0 Å². The summed E-state index contributed by atoms with van der Waals surface area (Å²) >= 11 is 1.39. The van der Waals surface area contributed by atoms with Crippen LogP contribution in [-0.2, 0) is 4.74 Å². The number of pyridine rings is 1. The Hall–Kier alpha value is -2.52. The monoisotopic (exact) mass is 358 g/mol. The quantitative estimate of drug-likeness (QED) is 0.648. The zero-order valence-corrected chi connectivity index (χ0v) is 14.5. The minimum Gasteiger partial charge on any atom is -0.397 e. The maximum Gasteiger partial charge on any atom is 0.281 e. The minimum atomic E-state index is -0.161. The number of thiazole rings is 1. The highest BCUT2D eigenvalue weighted by Crippen LogP contribution is 2.37. The summed E-state index contributed by atoms with van der Waals surface area (Å²) in [6, 6.07) is 1.89. The third-order valence-corrected chi connectivity index (χ3v) is 4.82. The van der Waals surface area contributed by atoms with Crippen LogP contribution in [0.5, 0.6) is 0 Å². The van der Waals surface area contributed by atoms with Crippen LogP contribution in [0.3, 0.4) is 0 Å². The summed E-state index contributed by atoms with van der Waals surface area (Å²) in [5.74, 6) is 0.611. The van der Waals surface area contributed by atoms with Gasteiger partial charge in [-0.15, -0.1) is 11.3 Å². The maximum atomic E-state index is 13.0. The van der Waals surface area contributed by atoms with Gasteiger partial charge in [0.05, 0.1) is 12.3 Å². The van der Waals surface area contributed by atoms with Crippen molar-refractivity contribution < 1.29 is 4.74 Å². The van der Waals surface area contributed by atoms with Gasteiger partial charge in [0.2, 0.25) is 0 Å². The fraction of sp³-hybridized carbons (Fsp3) is 0.375. The second kappa shape index (κ2) is 6.41. The van der Waals surface area contributed by atoms with Crippen molar-refractivity contribution in [1.82, 2.24) is 19.5 Å². The van der Waals surface area contributed by atoms with E-state index in [4.69, 9.17) is 10.5 Å². The van der Waals surface area contributed by atoms with Crippen molar-refractivity contribution >= 4 is 34.0 Å². The lowest BCUT2D eigenvalue weighted by Gasteiger charge is -2.13. The number of anilines is 2. The van der Waals surface area contributed by atoms with Crippen LogP contribution in [0, 0.1) is 0 Å². The number of nitrogens with two attached hydrogens (primary N) is 1. The highest BCUT2D eigenvalue weighted by Gasteiger charge is 2.30. The van der Waals surface area contributed by atoms with Gasteiger partial charge in [-0.2, -0.15) is 0 Å². The van der Waals surface area contributed by atoms with E-state index < -0.39 is 0 Å². The lowest BCUT2D eigenvalue weighted by Crippen LogP contribution is -2.24. The van der Waals surface area contributed by atoms with Crippen LogP contribution in [0.1, 0.15) is 18.9 Å². The van der Waals surface area contributed by atoms with Crippen molar-refractivity contribution in [2.75, 3.05) is 31.3 Å². The lowest BCUT2D eigenvalue weighted by atomic mass is 10.3. The van der Waals surface area contributed by atoms with Gasteiger partial charge in [-0.1, -0.05) is 0 Å². The largest absolute Gasteiger partial charge is 0.397 e. The number of nitrogen functional groups attached to an aromatic ring is 1. The van der Waals surface area contributed by atoms with Gasteiger partial charge in [-0.3, -0.25) is 9.36 Å². The molecule has 0 aromatic carbocycles. The number of fused-ring (bicyclic) bond motifs is 1. The molecule has 0 amide bonds. The van der Waals surface area contributed by atoms with E-state index in [2.05, 4.69) is 20.3 Å². The van der Waals surface area contributed by atoms with Gasteiger partial charge in [-0.05, 0) is 12.8 Å². The highest BCUT2D eigenvalue weighted by atomic mass is 32.1. The Kier molecular flexibility index (Phi) is 4.10. The summed E-state index contributed by atoms with van der Waals surface area (Å²) in [4.78, 5) is 26.3. The number of nitrogens with zero attached hydrogens (tertiary/aromatic N) is 4. The number of aromatic nitrogens is 4. The summed E-state index contributed by atoms with van der Waals surface area (Å²) in [5, 5.41) is 5.58. The normalized spacial score (nSPS) is 14.1. The average Bonchev–Trinajstić information content (AvgIpc) is 3.28. The van der Waals surface area contributed by atoms with Gasteiger partial charge in [0, 0.05) is 37.3 Å². The first-order valence-electron chi connectivity index (χ1n) is 8.04. The fourth-order valence-electron chi connectivity index (χ4n) is 2.72. The third-order valence-electron chi connectivity index (χ3n) is 4.04. The highest BCUT2D eigenvalue weighted by molar-refractivity contribution is 7.13. The first kappa shape index (κ1) is 16.0. The molecule has 1 aliphatic carbocycles. The van der Waals surface area contributed by atoms with Crippen molar-refractivity contribution in [3.05, 3.63) is 28.0 Å². The molecule has 0 unspecified atom stereocenters. The minimum absolute atomic E-state index is 0.151. The van der Waals surface area contributed by atoms with Crippen LogP contribution in [0.15, 0.2) is 22.4 Å². The molecule has 3 aromatic heterocycles. The van der Waals surface area contributed by atoms with Crippen LogP contribution in [0.25, 0.3) is 21.9 Å². The number of hydrogen-bond donors (Lipinski definition) is 2. The molecule has 3 N–H and O–H groups in total.